The van der Waals surface area contributed by atoms with E-state index in [1.807, 2.05) is 11.8 Å². The fourth-order valence-electron chi connectivity index (χ4n) is 5.35. The molecule has 5 unspecified atom stereocenters. The van der Waals surface area contributed by atoms with Crippen LogP contribution in [0.25, 0.3) is 0 Å². The van der Waals surface area contributed by atoms with Crippen molar-refractivity contribution >= 4 is 35.4 Å². The average Bonchev–Trinajstić information content (AvgIpc) is 3.14. The number of terminal acetylenes is 1. The van der Waals surface area contributed by atoms with E-state index in [4.69, 9.17) is 24.9 Å². The number of carbonyl (C=O) groups is 2. The van der Waals surface area contributed by atoms with Gasteiger partial charge in [-0.1, -0.05) is 84.0 Å². The van der Waals surface area contributed by atoms with Crippen LogP contribution in [-0.4, -0.2) is 108 Å². The number of unbranched alkanes of at least 4 members (excludes halogenated alkanes) is 12. The highest BCUT2D eigenvalue weighted by molar-refractivity contribution is 7.47. The molecular weight excluding hydrogens is 829 g/mol. The monoisotopic (exact) mass is 880 g/mol. The van der Waals surface area contributed by atoms with Gasteiger partial charge in [-0.15, -0.1) is 6.42 Å². The summed E-state index contributed by atoms with van der Waals surface area (Å²) in [6.07, 6.45) is 1.95. The highest BCUT2D eigenvalue weighted by Crippen LogP contribution is 2.51. The van der Waals surface area contributed by atoms with Crippen molar-refractivity contribution < 1.29 is 90.6 Å². The van der Waals surface area contributed by atoms with Crippen molar-refractivity contribution in [3.8, 4) is 59.7 Å². The predicted molar refractivity (Wildman–Crippen MR) is 204 cm³/mol. The number of phosphoric acid groups is 3. The van der Waals surface area contributed by atoms with Gasteiger partial charge in [0.2, 0.25) is 0 Å². The third-order valence-electron chi connectivity index (χ3n) is 8.01. The van der Waals surface area contributed by atoms with E-state index in [9.17, 15) is 63.1 Å². The van der Waals surface area contributed by atoms with Gasteiger partial charge < -0.3 is 49.3 Å². The van der Waals surface area contributed by atoms with Crippen LogP contribution in [0, 0.1) is 59.7 Å². The number of aliphatic hydroxyl groups excluding tert-OH is 3. The Hall–Kier alpha value is -3.05. The van der Waals surface area contributed by atoms with Gasteiger partial charge in [-0.05, 0) is 53.8 Å². The Morgan fingerprint density at radius 3 is 1.47 bits per heavy atom. The molecule has 8 atom stereocenters. The summed E-state index contributed by atoms with van der Waals surface area (Å²) in [6, 6.07) is 0. The molecule has 58 heavy (non-hydrogen) atoms. The predicted octanol–water partition coefficient (Wildman–Crippen LogP) is 2.12. The number of rotatable bonds is 26. The minimum absolute atomic E-state index is 0.0810. The molecule has 0 aromatic heterocycles. The number of ether oxygens (including phenoxy) is 2. The third-order valence-corrected chi connectivity index (χ3v) is 10.0. The summed E-state index contributed by atoms with van der Waals surface area (Å²) >= 11 is 0. The lowest BCUT2D eigenvalue weighted by Crippen LogP contribution is -2.65. The molecule has 1 rings (SSSR count). The lowest BCUT2D eigenvalue weighted by molar-refractivity contribution is -0.213. The molecule has 0 aromatic carbocycles. The first-order valence-electron chi connectivity index (χ1n) is 18.3. The normalized spacial score (nSPS) is 21.7. The first-order valence-corrected chi connectivity index (χ1v) is 22.9. The molecule has 0 radical (unpaired) electrons. The first-order chi connectivity index (χ1) is 27.3. The second-order valence-corrected chi connectivity index (χ2v) is 16.6. The van der Waals surface area contributed by atoms with Crippen molar-refractivity contribution in [2.75, 3.05) is 13.2 Å². The topological polar surface area (TPSA) is 303 Å². The summed E-state index contributed by atoms with van der Waals surface area (Å²) in [5.41, 5.74) is 0. The lowest BCUT2D eigenvalue weighted by Gasteiger charge is -2.44. The maximum atomic E-state index is 13.0. The van der Waals surface area contributed by atoms with Crippen LogP contribution < -0.4 is 0 Å². The Kier molecular flexibility index (Phi) is 26.0. The quantitative estimate of drug-likeness (QED) is 0.0203. The van der Waals surface area contributed by atoms with E-state index in [1.54, 1.807) is 0 Å². The maximum Gasteiger partial charge on any atom is 0.472 e. The van der Waals surface area contributed by atoms with Gasteiger partial charge >= 0.3 is 35.4 Å². The number of carbonyl (C=O) groups excluding carboxylic acids is 2. The molecule has 1 aliphatic carbocycles. The van der Waals surface area contributed by atoms with Crippen molar-refractivity contribution in [3.05, 3.63) is 0 Å². The smallest absolute Gasteiger partial charge is 0.456 e. The van der Waals surface area contributed by atoms with Crippen molar-refractivity contribution in [1.82, 2.24) is 0 Å². The molecule has 1 fully saturated rings. The van der Waals surface area contributed by atoms with Gasteiger partial charge in [-0.25, -0.2) is 18.5 Å². The van der Waals surface area contributed by atoms with Crippen LogP contribution in [-0.2, 0) is 50.9 Å². The van der Waals surface area contributed by atoms with Gasteiger partial charge in [-0.2, -0.15) is 0 Å². The SMILES string of the molecule is C#CC#CC#CC#CC#CC(=O)OC[C@H](COP(=O)(O)OC1C(O)C(OP(=O)(O)O)[C@H](O)C(OP(=O)(O)O)[C@@H]1O)OC(=O)CCCCCCCCCCCCCCC. The molecule has 0 saturated heterocycles. The number of phosphoric ester groups is 3. The molecule has 0 aliphatic heterocycles. The number of hydrogen-bond donors (Lipinski definition) is 8. The Labute approximate surface area is 338 Å². The van der Waals surface area contributed by atoms with Crippen LogP contribution in [0.5, 0.6) is 0 Å². The molecule has 324 valence electrons. The minimum Gasteiger partial charge on any atom is -0.456 e. The van der Waals surface area contributed by atoms with E-state index in [0.717, 1.165) is 25.7 Å². The molecule has 0 heterocycles. The van der Waals surface area contributed by atoms with Crippen molar-refractivity contribution in [2.45, 2.75) is 140 Å². The second-order valence-electron chi connectivity index (χ2n) is 12.8. The van der Waals surface area contributed by atoms with Crippen molar-refractivity contribution in [3.63, 3.8) is 0 Å². The standard InChI is InChI=1S/C36H51O19P3/c1-3-5-7-9-11-13-14-15-16-17-19-21-23-25-30(38)52-28(26-50-29(37)24-22-20-18-12-10-8-6-4-2)27-51-58(48,49)55-36-32(40)34(53-56(42,43)44)31(39)35(33(36)41)54-57(45,46)47/h2,28,31-36,39-41H,3,5,7,9,11,13-17,19,21,23,25-27H2,1H3,(H,48,49)(H2,42,43,44)(H2,45,46,47)/t28-,31-,32+,33?,34?,35?,36?/m1/s1. The highest BCUT2D eigenvalue weighted by Gasteiger charge is 2.56. The molecular formula is C36H51O19P3. The zero-order valence-electron chi connectivity index (χ0n) is 31.8. The zero-order chi connectivity index (χ0) is 43.6. The molecule has 0 spiro atoms. The van der Waals surface area contributed by atoms with Crippen LogP contribution >= 0.6 is 23.5 Å². The van der Waals surface area contributed by atoms with E-state index in [1.165, 1.54) is 44.9 Å². The van der Waals surface area contributed by atoms with Gasteiger partial charge in [0.25, 0.3) is 0 Å². The van der Waals surface area contributed by atoms with Crippen LogP contribution in [0.3, 0.4) is 0 Å². The minimum atomic E-state index is -5.57. The van der Waals surface area contributed by atoms with Crippen LogP contribution in [0.2, 0.25) is 0 Å². The second kappa shape index (κ2) is 28.4. The molecule has 0 aromatic rings. The van der Waals surface area contributed by atoms with Gasteiger partial charge in [-0.3, -0.25) is 22.9 Å². The van der Waals surface area contributed by atoms with E-state index in [-0.39, 0.29) is 6.42 Å². The van der Waals surface area contributed by atoms with Gasteiger partial charge in [0.15, 0.2) is 6.10 Å². The summed E-state index contributed by atoms with van der Waals surface area (Å²) in [7, 11) is -16.7. The first kappa shape index (κ1) is 53.0. The Morgan fingerprint density at radius 2 is 1.02 bits per heavy atom. The van der Waals surface area contributed by atoms with E-state index < -0.39 is 91.3 Å². The summed E-state index contributed by atoms with van der Waals surface area (Å²) in [4.78, 5) is 72.2. The fourth-order valence-corrected chi connectivity index (χ4v) is 7.45. The molecule has 8 N–H and O–H groups in total. The molecule has 0 bridgehead atoms. The summed E-state index contributed by atoms with van der Waals surface area (Å²) < 4.78 is 64.3. The third kappa shape index (κ3) is 24.8. The van der Waals surface area contributed by atoms with E-state index in [2.05, 4.69) is 57.4 Å². The maximum absolute atomic E-state index is 13.0. The van der Waals surface area contributed by atoms with Gasteiger partial charge in [0, 0.05) is 12.3 Å². The Morgan fingerprint density at radius 1 is 0.603 bits per heavy atom. The lowest BCUT2D eigenvalue weighted by atomic mass is 9.85. The van der Waals surface area contributed by atoms with Crippen LogP contribution in [0.4, 0.5) is 0 Å². The van der Waals surface area contributed by atoms with Gasteiger partial charge in [0.1, 0.15) is 43.2 Å². The van der Waals surface area contributed by atoms with Crippen LogP contribution in [0.15, 0.2) is 0 Å². The largest absolute Gasteiger partial charge is 0.472 e. The molecule has 19 nitrogen and oxygen atoms in total. The Balaban J connectivity index is 2.94. The number of esters is 2. The summed E-state index contributed by atoms with van der Waals surface area (Å²) in [5, 5.41) is 31.6. The Bertz CT molecular complexity index is 1700. The van der Waals surface area contributed by atoms with E-state index in [0.29, 0.717) is 12.8 Å². The number of hydrogen-bond acceptors (Lipinski definition) is 14. The van der Waals surface area contributed by atoms with Crippen LogP contribution in [0.1, 0.15) is 96.8 Å². The van der Waals surface area contributed by atoms with E-state index >= 15 is 0 Å². The zero-order valence-corrected chi connectivity index (χ0v) is 34.5. The average molecular weight is 881 g/mol. The summed E-state index contributed by atoms with van der Waals surface area (Å²) in [6.45, 7) is 0.353. The van der Waals surface area contributed by atoms with Crippen molar-refractivity contribution in [1.29, 1.82) is 0 Å². The van der Waals surface area contributed by atoms with Crippen molar-refractivity contribution in [2.24, 2.45) is 0 Å². The molecule has 22 heteroatoms. The molecule has 1 saturated carbocycles. The highest BCUT2D eigenvalue weighted by atomic mass is 31.2. The number of aliphatic hydroxyl groups is 3. The summed E-state index contributed by atoms with van der Waals surface area (Å²) in [5.74, 6) is 17.9. The molecule has 1 aliphatic rings. The molecule has 0 amide bonds. The fraction of sp³-hybridized carbons (Fsp3) is 0.667. The van der Waals surface area contributed by atoms with Gasteiger partial charge in [0.05, 0.1) is 6.61 Å².